The number of hydrogen-bond donors (Lipinski definition) is 2. The zero-order valence-electron chi connectivity index (χ0n) is 11.3. The molecule has 5 heteroatoms. The van der Waals surface area contributed by atoms with E-state index >= 15 is 0 Å². The van der Waals surface area contributed by atoms with Gasteiger partial charge in [-0.3, -0.25) is 0 Å². The molecule has 0 saturated carbocycles. The van der Waals surface area contributed by atoms with Crippen molar-refractivity contribution in [2.45, 2.75) is 13.8 Å². The van der Waals surface area contributed by atoms with Crippen LogP contribution in [0.5, 0.6) is 5.75 Å². The van der Waals surface area contributed by atoms with E-state index in [4.69, 9.17) is 10.5 Å². The number of nitrogen functional groups attached to an aromatic ring is 1. The van der Waals surface area contributed by atoms with Crippen LogP contribution in [0.4, 0.5) is 21.5 Å². The molecular formula is C15H16BrFN2O. The Morgan fingerprint density at radius 1 is 1.25 bits per heavy atom. The third-order valence-corrected chi connectivity index (χ3v) is 3.39. The van der Waals surface area contributed by atoms with Crippen LogP contribution >= 0.6 is 15.9 Å². The maximum atomic E-state index is 13.4. The molecule has 20 heavy (non-hydrogen) atoms. The van der Waals surface area contributed by atoms with Crippen molar-refractivity contribution in [1.29, 1.82) is 0 Å². The molecule has 0 amide bonds. The van der Waals surface area contributed by atoms with Gasteiger partial charge < -0.3 is 15.8 Å². The first-order chi connectivity index (χ1) is 9.49. The van der Waals surface area contributed by atoms with Crippen LogP contribution in [0.15, 0.2) is 34.8 Å². The molecule has 0 unspecified atom stereocenters. The first-order valence-electron chi connectivity index (χ1n) is 6.25. The number of nitrogens with two attached hydrogens (primary N) is 1. The molecule has 106 valence electrons. The average molecular weight is 339 g/mol. The maximum Gasteiger partial charge on any atom is 0.137 e. The fraction of sp³-hybridized carbons (Fsp3) is 0.200. The van der Waals surface area contributed by atoms with Gasteiger partial charge in [-0.25, -0.2) is 4.39 Å². The molecule has 2 aromatic rings. The average Bonchev–Trinajstić information content (AvgIpc) is 2.35. The Balaban J connectivity index is 2.32. The Hall–Kier alpha value is -1.75. The summed E-state index contributed by atoms with van der Waals surface area (Å²) in [6, 6.07) is 8.61. The number of benzene rings is 2. The van der Waals surface area contributed by atoms with Crippen molar-refractivity contribution in [1.82, 2.24) is 0 Å². The zero-order chi connectivity index (χ0) is 14.7. The summed E-state index contributed by atoms with van der Waals surface area (Å²) in [6.07, 6.45) is 0. The van der Waals surface area contributed by atoms with Crippen molar-refractivity contribution in [3.63, 3.8) is 0 Å². The molecule has 2 rings (SSSR count). The molecule has 0 radical (unpaired) electrons. The van der Waals surface area contributed by atoms with E-state index in [2.05, 4.69) is 21.2 Å². The van der Waals surface area contributed by atoms with Crippen LogP contribution in [0.1, 0.15) is 12.5 Å². The van der Waals surface area contributed by atoms with Crippen molar-refractivity contribution in [2.24, 2.45) is 0 Å². The van der Waals surface area contributed by atoms with E-state index in [0.29, 0.717) is 22.5 Å². The third kappa shape index (κ3) is 3.42. The number of hydrogen-bond acceptors (Lipinski definition) is 3. The first-order valence-corrected chi connectivity index (χ1v) is 7.05. The fourth-order valence-corrected chi connectivity index (χ4v) is 2.22. The second kappa shape index (κ2) is 6.13. The van der Waals surface area contributed by atoms with Crippen molar-refractivity contribution >= 4 is 33.0 Å². The molecule has 0 fully saturated rings. The highest BCUT2D eigenvalue weighted by Crippen LogP contribution is 2.29. The lowest BCUT2D eigenvalue weighted by molar-refractivity contribution is 0.340. The predicted molar refractivity (Wildman–Crippen MR) is 84.1 cm³/mol. The van der Waals surface area contributed by atoms with E-state index < -0.39 is 0 Å². The normalized spacial score (nSPS) is 10.4. The number of halogens is 2. The largest absolute Gasteiger partial charge is 0.494 e. The second-order valence-electron chi connectivity index (χ2n) is 4.43. The molecule has 0 spiro atoms. The molecule has 0 saturated heterocycles. The summed E-state index contributed by atoms with van der Waals surface area (Å²) in [5.41, 5.74) is 8.88. The Morgan fingerprint density at radius 2 is 2.00 bits per heavy atom. The summed E-state index contributed by atoms with van der Waals surface area (Å²) in [6.45, 7) is 4.33. The van der Waals surface area contributed by atoms with Crippen LogP contribution in [0.3, 0.4) is 0 Å². The van der Waals surface area contributed by atoms with E-state index in [-0.39, 0.29) is 5.82 Å². The van der Waals surface area contributed by atoms with Gasteiger partial charge in [0.15, 0.2) is 0 Å². The number of aryl methyl sites for hydroxylation is 1. The van der Waals surface area contributed by atoms with Crippen molar-refractivity contribution in [2.75, 3.05) is 17.7 Å². The van der Waals surface area contributed by atoms with Gasteiger partial charge in [0.2, 0.25) is 0 Å². The SMILES string of the molecule is CCOc1cc(N)cc(Nc2cc(Br)c(F)cc2C)c1. The Labute approximate surface area is 126 Å². The van der Waals surface area contributed by atoms with Crippen LogP contribution < -0.4 is 15.8 Å². The van der Waals surface area contributed by atoms with Crippen molar-refractivity contribution < 1.29 is 9.13 Å². The maximum absolute atomic E-state index is 13.4. The second-order valence-corrected chi connectivity index (χ2v) is 5.28. The zero-order valence-corrected chi connectivity index (χ0v) is 12.9. The van der Waals surface area contributed by atoms with E-state index in [1.165, 1.54) is 6.07 Å². The van der Waals surface area contributed by atoms with Crippen LogP contribution in [0, 0.1) is 12.7 Å². The lowest BCUT2D eigenvalue weighted by Crippen LogP contribution is -1.98. The molecule has 0 atom stereocenters. The van der Waals surface area contributed by atoms with Gasteiger partial charge in [0, 0.05) is 29.2 Å². The van der Waals surface area contributed by atoms with Crippen LogP contribution in [-0.2, 0) is 0 Å². The Morgan fingerprint density at radius 3 is 2.70 bits per heavy atom. The fourth-order valence-electron chi connectivity index (χ4n) is 1.88. The van der Waals surface area contributed by atoms with Gasteiger partial charge in [-0.05, 0) is 53.5 Å². The highest BCUT2D eigenvalue weighted by Gasteiger charge is 2.07. The van der Waals surface area contributed by atoms with E-state index in [9.17, 15) is 4.39 Å². The highest BCUT2D eigenvalue weighted by molar-refractivity contribution is 9.10. The predicted octanol–water partition coefficient (Wildman–Crippen LogP) is 4.62. The lowest BCUT2D eigenvalue weighted by Gasteiger charge is -2.13. The molecule has 0 aromatic heterocycles. The molecule has 0 aliphatic rings. The Kier molecular flexibility index (Phi) is 4.49. The summed E-state index contributed by atoms with van der Waals surface area (Å²) in [5, 5.41) is 3.22. The molecular weight excluding hydrogens is 323 g/mol. The number of rotatable bonds is 4. The van der Waals surface area contributed by atoms with E-state index in [1.54, 1.807) is 18.2 Å². The summed E-state index contributed by atoms with van der Waals surface area (Å²) in [5.74, 6) is 0.421. The number of ether oxygens (including phenoxy) is 1. The van der Waals surface area contributed by atoms with Gasteiger partial charge >= 0.3 is 0 Å². The summed E-state index contributed by atoms with van der Waals surface area (Å²) in [7, 11) is 0. The monoisotopic (exact) mass is 338 g/mol. The van der Waals surface area contributed by atoms with Gasteiger partial charge in [0.1, 0.15) is 11.6 Å². The number of nitrogens with one attached hydrogen (secondary N) is 1. The first kappa shape index (κ1) is 14.7. The minimum atomic E-state index is -0.282. The summed E-state index contributed by atoms with van der Waals surface area (Å²) >= 11 is 3.18. The van der Waals surface area contributed by atoms with Crippen molar-refractivity contribution in [3.8, 4) is 5.75 Å². The number of anilines is 3. The standard InChI is InChI=1S/C15H16BrFN2O/c1-3-20-12-6-10(18)5-11(7-12)19-15-8-13(16)14(17)4-9(15)2/h4-8,19H,3,18H2,1-2H3. The molecule has 0 aliphatic carbocycles. The molecule has 3 nitrogen and oxygen atoms in total. The van der Waals surface area contributed by atoms with Gasteiger partial charge in [0.05, 0.1) is 11.1 Å². The van der Waals surface area contributed by atoms with Gasteiger partial charge in [-0.2, -0.15) is 0 Å². The minimum Gasteiger partial charge on any atom is -0.494 e. The van der Waals surface area contributed by atoms with E-state index in [0.717, 1.165) is 16.9 Å². The van der Waals surface area contributed by atoms with Crippen molar-refractivity contribution in [3.05, 3.63) is 46.2 Å². The van der Waals surface area contributed by atoms with Crippen LogP contribution in [0.25, 0.3) is 0 Å². The summed E-state index contributed by atoms with van der Waals surface area (Å²) in [4.78, 5) is 0. The van der Waals surface area contributed by atoms with Crippen LogP contribution in [0.2, 0.25) is 0 Å². The Bertz CT molecular complexity index is 632. The smallest absolute Gasteiger partial charge is 0.137 e. The molecule has 0 aliphatic heterocycles. The third-order valence-electron chi connectivity index (χ3n) is 2.79. The minimum absolute atomic E-state index is 0.282. The molecule has 3 N–H and O–H groups in total. The van der Waals surface area contributed by atoms with Gasteiger partial charge in [-0.15, -0.1) is 0 Å². The van der Waals surface area contributed by atoms with Crippen LogP contribution in [-0.4, -0.2) is 6.61 Å². The van der Waals surface area contributed by atoms with Gasteiger partial charge in [-0.1, -0.05) is 0 Å². The van der Waals surface area contributed by atoms with E-state index in [1.807, 2.05) is 19.9 Å². The molecule has 2 aromatic carbocycles. The quantitative estimate of drug-likeness (QED) is 0.799. The topological polar surface area (TPSA) is 47.3 Å². The summed E-state index contributed by atoms with van der Waals surface area (Å²) < 4.78 is 19.3. The highest BCUT2D eigenvalue weighted by atomic mass is 79.9. The molecule has 0 heterocycles. The lowest BCUT2D eigenvalue weighted by atomic mass is 10.2. The van der Waals surface area contributed by atoms with Gasteiger partial charge in [0.25, 0.3) is 0 Å². The molecule has 0 bridgehead atoms.